The molecule has 1 aromatic carbocycles. The molecular weight excluding hydrogens is 256 g/mol. The maximum Gasteiger partial charge on any atom is 0.234 e. The molecule has 1 aliphatic carbocycles. The van der Waals surface area contributed by atoms with Gasteiger partial charge in [-0.1, -0.05) is 17.3 Å². The Kier molecular flexibility index (Phi) is 3.50. The van der Waals surface area contributed by atoms with Crippen molar-refractivity contribution in [1.82, 2.24) is 10.1 Å². The topological polar surface area (TPSA) is 65.2 Å². The highest BCUT2D eigenvalue weighted by Crippen LogP contribution is 2.31. The van der Waals surface area contributed by atoms with Crippen molar-refractivity contribution in [2.75, 3.05) is 6.61 Å². The highest BCUT2D eigenvalue weighted by atomic mass is 16.5. The monoisotopic (exact) mass is 272 g/mol. The Hall–Kier alpha value is -2.17. The second-order valence-electron chi connectivity index (χ2n) is 4.89. The molecule has 0 unspecified atom stereocenters. The summed E-state index contributed by atoms with van der Waals surface area (Å²) in [6.45, 7) is 2.54. The fourth-order valence-corrected chi connectivity index (χ4v) is 2.03. The molecule has 1 aromatic heterocycles. The first-order chi connectivity index (χ1) is 9.76. The summed E-state index contributed by atoms with van der Waals surface area (Å²) >= 11 is 0. The maximum absolute atomic E-state index is 11.7. The van der Waals surface area contributed by atoms with E-state index in [9.17, 15) is 4.79 Å². The number of ketones is 1. The number of hydrogen-bond acceptors (Lipinski definition) is 5. The Morgan fingerprint density at radius 3 is 3.05 bits per heavy atom. The fraction of sp³-hybridized carbons (Fsp3) is 0.400. The molecule has 0 amide bonds. The van der Waals surface area contributed by atoms with Gasteiger partial charge in [-0.2, -0.15) is 4.98 Å². The van der Waals surface area contributed by atoms with Crippen LogP contribution >= 0.6 is 0 Å². The van der Waals surface area contributed by atoms with E-state index < -0.39 is 0 Å². The molecule has 104 valence electrons. The van der Waals surface area contributed by atoms with Gasteiger partial charge in [-0.15, -0.1) is 0 Å². The molecule has 0 atom stereocenters. The lowest BCUT2D eigenvalue weighted by molar-refractivity contribution is -0.119. The average Bonchev–Trinajstić information content (AvgIpc) is 3.20. The molecule has 2 aromatic rings. The zero-order valence-electron chi connectivity index (χ0n) is 11.3. The Balaban J connectivity index is 1.75. The third kappa shape index (κ3) is 2.87. The first-order valence-electron chi connectivity index (χ1n) is 6.85. The van der Waals surface area contributed by atoms with Crippen LogP contribution in [0.1, 0.15) is 25.7 Å². The van der Waals surface area contributed by atoms with Crippen LogP contribution in [0.15, 0.2) is 28.8 Å². The smallest absolute Gasteiger partial charge is 0.234 e. The molecule has 0 saturated heterocycles. The van der Waals surface area contributed by atoms with Crippen molar-refractivity contribution in [3.8, 4) is 17.1 Å². The van der Waals surface area contributed by atoms with E-state index in [1.54, 1.807) is 0 Å². The Bertz CT molecular complexity index is 617. The van der Waals surface area contributed by atoms with Gasteiger partial charge in [0.15, 0.2) is 0 Å². The minimum atomic E-state index is 0.197. The quantitative estimate of drug-likeness (QED) is 0.808. The van der Waals surface area contributed by atoms with E-state index in [-0.39, 0.29) is 18.1 Å². The molecular formula is C15H16N2O3. The van der Waals surface area contributed by atoms with E-state index in [1.165, 1.54) is 0 Å². The van der Waals surface area contributed by atoms with Crippen LogP contribution < -0.4 is 4.74 Å². The number of benzene rings is 1. The molecule has 3 rings (SSSR count). The van der Waals surface area contributed by atoms with E-state index in [0.717, 1.165) is 24.2 Å². The van der Waals surface area contributed by atoms with Gasteiger partial charge in [-0.3, -0.25) is 4.79 Å². The number of carbonyl (C=O) groups is 1. The largest absolute Gasteiger partial charge is 0.494 e. The third-order valence-corrected chi connectivity index (χ3v) is 3.23. The Morgan fingerprint density at radius 1 is 1.45 bits per heavy atom. The van der Waals surface area contributed by atoms with Crippen LogP contribution in [0.5, 0.6) is 5.75 Å². The Labute approximate surface area is 116 Å². The van der Waals surface area contributed by atoms with E-state index >= 15 is 0 Å². The maximum atomic E-state index is 11.7. The fourth-order valence-electron chi connectivity index (χ4n) is 2.03. The molecule has 0 radical (unpaired) electrons. The van der Waals surface area contributed by atoms with E-state index in [1.807, 2.05) is 31.2 Å². The van der Waals surface area contributed by atoms with Crippen LogP contribution in [-0.4, -0.2) is 22.5 Å². The molecule has 5 heteroatoms. The molecule has 20 heavy (non-hydrogen) atoms. The van der Waals surface area contributed by atoms with Gasteiger partial charge in [0.1, 0.15) is 11.5 Å². The summed E-state index contributed by atoms with van der Waals surface area (Å²) in [6, 6.07) is 7.51. The number of hydrogen-bond donors (Lipinski definition) is 0. The lowest BCUT2D eigenvalue weighted by Gasteiger charge is -2.02. The van der Waals surface area contributed by atoms with Crippen molar-refractivity contribution < 1.29 is 14.1 Å². The zero-order valence-corrected chi connectivity index (χ0v) is 11.3. The highest BCUT2D eigenvalue weighted by Gasteiger charge is 2.30. The molecule has 1 fully saturated rings. The molecule has 1 saturated carbocycles. The highest BCUT2D eigenvalue weighted by molar-refractivity contribution is 5.84. The minimum Gasteiger partial charge on any atom is -0.494 e. The lowest BCUT2D eigenvalue weighted by atomic mass is 10.2. The number of Topliss-reactive ketones (excluding diaryl/α,β-unsaturated/α-hetero) is 1. The van der Waals surface area contributed by atoms with E-state index in [2.05, 4.69) is 10.1 Å². The molecule has 0 bridgehead atoms. The van der Waals surface area contributed by atoms with Crippen LogP contribution in [0.4, 0.5) is 0 Å². The average molecular weight is 272 g/mol. The van der Waals surface area contributed by atoms with Gasteiger partial charge in [-0.25, -0.2) is 0 Å². The van der Waals surface area contributed by atoms with Gasteiger partial charge >= 0.3 is 0 Å². The summed E-state index contributed by atoms with van der Waals surface area (Å²) in [5.41, 5.74) is 0.824. The summed E-state index contributed by atoms with van der Waals surface area (Å²) in [7, 11) is 0. The van der Waals surface area contributed by atoms with Crippen molar-refractivity contribution >= 4 is 5.78 Å². The predicted octanol–water partition coefficient (Wildman–Crippen LogP) is 2.66. The van der Waals surface area contributed by atoms with Crippen molar-refractivity contribution in [3.05, 3.63) is 30.2 Å². The zero-order chi connectivity index (χ0) is 13.9. The van der Waals surface area contributed by atoms with Crippen molar-refractivity contribution in [2.24, 2.45) is 5.92 Å². The second-order valence-corrected chi connectivity index (χ2v) is 4.89. The van der Waals surface area contributed by atoms with E-state index in [0.29, 0.717) is 18.3 Å². The number of ether oxygens (including phenoxy) is 1. The minimum absolute atomic E-state index is 0.197. The normalized spacial score (nSPS) is 14.2. The summed E-state index contributed by atoms with van der Waals surface area (Å²) in [5, 5.41) is 3.93. The van der Waals surface area contributed by atoms with Crippen LogP contribution in [-0.2, 0) is 11.2 Å². The number of rotatable bonds is 6. The standard InChI is InChI=1S/C15H16N2O3/c1-2-19-12-5-3-4-11(8-12)15-16-14(20-17-15)9-13(18)10-6-7-10/h3-5,8,10H,2,6-7,9H2,1H3. The molecule has 1 aliphatic rings. The van der Waals surface area contributed by atoms with Gasteiger partial charge in [0.05, 0.1) is 13.0 Å². The molecule has 5 nitrogen and oxygen atoms in total. The van der Waals surface area contributed by atoms with Crippen molar-refractivity contribution in [1.29, 1.82) is 0 Å². The first kappa shape index (κ1) is 12.8. The molecule has 0 N–H and O–H groups in total. The summed E-state index contributed by atoms with van der Waals surface area (Å²) < 4.78 is 10.6. The van der Waals surface area contributed by atoms with Gasteiger partial charge in [-0.05, 0) is 31.9 Å². The third-order valence-electron chi connectivity index (χ3n) is 3.23. The molecule has 0 aliphatic heterocycles. The molecule has 0 spiro atoms. The lowest BCUT2D eigenvalue weighted by Crippen LogP contribution is -2.04. The van der Waals surface area contributed by atoms with Crippen LogP contribution in [0.3, 0.4) is 0 Å². The van der Waals surface area contributed by atoms with Gasteiger partial charge in [0.25, 0.3) is 0 Å². The van der Waals surface area contributed by atoms with E-state index in [4.69, 9.17) is 9.26 Å². The van der Waals surface area contributed by atoms with Crippen LogP contribution in [0.2, 0.25) is 0 Å². The first-order valence-corrected chi connectivity index (χ1v) is 6.85. The summed E-state index contributed by atoms with van der Waals surface area (Å²) in [5.74, 6) is 2.06. The van der Waals surface area contributed by atoms with Gasteiger partial charge < -0.3 is 9.26 Å². The number of nitrogens with zero attached hydrogens (tertiary/aromatic N) is 2. The van der Waals surface area contributed by atoms with Crippen molar-refractivity contribution in [3.63, 3.8) is 0 Å². The van der Waals surface area contributed by atoms with Crippen molar-refractivity contribution in [2.45, 2.75) is 26.2 Å². The number of carbonyl (C=O) groups excluding carboxylic acids is 1. The summed E-state index contributed by atoms with van der Waals surface area (Å²) in [6.07, 6.45) is 2.23. The van der Waals surface area contributed by atoms with Gasteiger partial charge in [0, 0.05) is 11.5 Å². The SMILES string of the molecule is CCOc1cccc(-c2noc(CC(=O)C3CC3)n2)c1. The van der Waals surface area contributed by atoms with Crippen LogP contribution in [0, 0.1) is 5.92 Å². The van der Waals surface area contributed by atoms with Gasteiger partial charge in [0.2, 0.25) is 11.7 Å². The van der Waals surface area contributed by atoms with Crippen LogP contribution in [0.25, 0.3) is 11.4 Å². The predicted molar refractivity (Wildman–Crippen MR) is 72.3 cm³/mol. The number of aromatic nitrogens is 2. The molecule has 1 heterocycles. The summed E-state index contributed by atoms with van der Waals surface area (Å²) in [4.78, 5) is 16.0. The second kappa shape index (κ2) is 5.45. The Morgan fingerprint density at radius 2 is 2.30 bits per heavy atom.